The van der Waals surface area contributed by atoms with Crippen molar-refractivity contribution in [3.8, 4) is 11.4 Å². The fourth-order valence-corrected chi connectivity index (χ4v) is 3.84. The first-order chi connectivity index (χ1) is 15.6. The van der Waals surface area contributed by atoms with Crippen LogP contribution in [0.1, 0.15) is 19.7 Å². The van der Waals surface area contributed by atoms with Crippen LogP contribution in [0.15, 0.2) is 30.3 Å². The Morgan fingerprint density at radius 1 is 0.875 bits per heavy atom. The van der Waals surface area contributed by atoms with Crippen LogP contribution < -0.4 is 4.90 Å². The summed E-state index contributed by atoms with van der Waals surface area (Å²) in [5.41, 5.74) is 2.77. The van der Waals surface area contributed by atoms with Crippen molar-refractivity contribution in [1.29, 1.82) is 0 Å². The van der Waals surface area contributed by atoms with Gasteiger partial charge in [-0.1, -0.05) is 44.2 Å². The Hall–Kier alpha value is -2.55. The first-order valence-corrected chi connectivity index (χ1v) is 11.4. The maximum atomic E-state index is 5.35. The Balaban J connectivity index is 2.14. The average Bonchev–Trinajstić information content (AvgIpc) is 3.18. The lowest BCUT2D eigenvalue weighted by atomic mass is 10.2. The summed E-state index contributed by atoms with van der Waals surface area (Å²) in [5.74, 6) is 2.49. The summed E-state index contributed by atoms with van der Waals surface area (Å²) in [7, 11) is 3.43. The lowest BCUT2D eigenvalue weighted by Gasteiger charge is -2.23. The lowest BCUT2D eigenvalue weighted by molar-refractivity contribution is 0.190. The van der Waals surface area contributed by atoms with Gasteiger partial charge in [0.2, 0.25) is 0 Å². The van der Waals surface area contributed by atoms with Gasteiger partial charge in [0.15, 0.2) is 17.0 Å². The van der Waals surface area contributed by atoms with Gasteiger partial charge in [-0.2, -0.15) is 0 Å². The molecule has 1 aromatic carbocycles. The summed E-state index contributed by atoms with van der Waals surface area (Å²) >= 11 is 0. The van der Waals surface area contributed by atoms with E-state index in [1.54, 1.807) is 14.2 Å². The molecule has 174 valence electrons. The number of nitrogens with zero attached hydrogens (tertiary/aromatic N) is 6. The summed E-state index contributed by atoms with van der Waals surface area (Å²) in [6.45, 7) is 12.7. The fourth-order valence-electron chi connectivity index (χ4n) is 3.84. The van der Waals surface area contributed by atoms with E-state index in [1.807, 2.05) is 25.1 Å². The lowest BCUT2D eigenvalue weighted by Crippen LogP contribution is -2.32. The molecule has 2 aromatic heterocycles. The van der Waals surface area contributed by atoms with Crippen molar-refractivity contribution in [2.75, 3.05) is 65.1 Å². The molecule has 0 aliphatic carbocycles. The van der Waals surface area contributed by atoms with Crippen molar-refractivity contribution in [3.05, 3.63) is 36.2 Å². The number of imidazole rings is 1. The second-order valence-electron chi connectivity index (χ2n) is 7.72. The maximum Gasteiger partial charge on any atom is 0.166 e. The summed E-state index contributed by atoms with van der Waals surface area (Å²) in [6.07, 6.45) is 0. The van der Waals surface area contributed by atoms with E-state index < -0.39 is 0 Å². The minimum Gasteiger partial charge on any atom is -0.383 e. The topological polar surface area (TPSA) is 68.5 Å². The van der Waals surface area contributed by atoms with Crippen LogP contribution in [0.25, 0.3) is 22.6 Å². The third kappa shape index (κ3) is 5.62. The third-order valence-electron chi connectivity index (χ3n) is 5.68. The molecule has 8 nitrogen and oxygen atoms in total. The Bertz CT molecular complexity index is 964. The molecule has 0 radical (unpaired) electrons. The van der Waals surface area contributed by atoms with E-state index in [4.69, 9.17) is 24.4 Å². The summed E-state index contributed by atoms with van der Waals surface area (Å²) < 4.78 is 12.9. The molecule has 3 rings (SSSR count). The maximum absolute atomic E-state index is 5.35. The Kier molecular flexibility index (Phi) is 8.96. The van der Waals surface area contributed by atoms with E-state index in [1.165, 1.54) is 0 Å². The van der Waals surface area contributed by atoms with E-state index >= 15 is 0 Å². The van der Waals surface area contributed by atoms with Crippen LogP contribution in [0.5, 0.6) is 0 Å². The van der Waals surface area contributed by atoms with E-state index in [9.17, 15) is 0 Å². The zero-order valence-corrected chi connectivity index (χ0v) is 20.0. The number of methoxy groups -OCH3 is 2. The number of likely N-dealkylation sites (N-methyl/N-ethyl adjacent to an activating group) is 1. The SMILES string of the molecule is CCN(CC)CCn1c(-c2ccccc2)nc2c(N(CCOC)CCOC)nc(C)nc21. The zero-order valence-electron chi connectivity index (χ0n) is 20.0. The second-order valence-corrected chi connectivity index (χ2v) is 7.72. The van der Waals surface area contributed by atoms with Crippen LogP contribution in [0.3, 0.4) is 0 Å². The van der Waals surface area contributed by atoms with Gasteiger partial charge in [0.1, 0.15) is 11.6 Å². The molecule has 0 aliphatic heterocycles. The van der Waals surface area contributed by atoms with Gasteiger partial charge in [-0.15, -0.1) is 0 Å². The molecule has 0 aliphatic rings. The summed E-state index contributed by atoms with van der Waals surface area (Å²) in [6, 6.07) is 10.3. The highest BCUT2D eigenvalue weighted by atomic mass is 16.5. The third-order valence-corrected chi connectivity index (χ3v) is 5.68. The van der Waals surface area contributed by atoms with Crippen molar-refractivity contribution >= 4 is 17.0 Å². The average molecular weight is 441 g/mol. The molecule has 0 amide bonds. The van der Waals surface area contributed by atoms with Crippen LogP contribution in [-0.2, 0) is 16.0 Å². The molecule has 0 fully saturated rings. The first-order valence-electron chi connectivity index (χ1n) is 11.4. The molecule has 0 saturated carbocycles. The fraction of sp³-hybridized carbons (Fsp3) is 0.542. The number of hydrogen-bond acceptors (Lipinski definition) is 7. The molecule has 0 bridgehead atoms. The van der Waals surface area contributed by atoms with Gasteiger partial charge in [-0.25, -0.2) is 15.0 Å². The second kappa shape index (κ2) is 11.9. The number of hydrogen-bond donors (Lipinski definition) is 0. The quantitative estimate of drug-likeness (QED) is 0.404. The van der Waals surface area contributed by atoms with Gasteiger partial charge >= 0.3 is 0 Å². The molecular formula is C24H36N6O2. The van der Waals surface area contributed by atoms with Crippen LogP contribution >= 0.6 is 0 Å². The number of anilines is 1. The summed E-state index contributed by atoms with van der Waals surface area (Å²) in [5, 5.41) is 0. The van der Waals surface area contributed by atoms with Gasteiger partial charge in [0, 0.05) is 46.0 Å². The standard InChI is InChI=1S/C24H36N6O2/c1-6-28(7-2)13-14-30-22(20-11-9-8-10-12-20)27-21-23(25-19(3)26-24(21)30)29(15-17-31-4)16-18-32-5/h8-12H,6-7,13-18H2,1-5H3. The van der Waals surface area contributed by atoms with Gasteiger partial charge < -0.3 is 23.8 Å². The van der Waals surface area contributed by atoms with Gasteiger partial charge in [-0.05, 0) is 20.0 Å². The largest absolute Gasteiger partial charge is 0.383 e. The predicted octanol–water partition coefficient (Wildman–Crippen LogP) is 3.24. The predicted molar refractivity (Wildman–Crippen MR) is 129 cm³/mol. The van der Waals surface area contributed by atoms with E-state index in [0.29, 0.717) is 26.3 Å². The molecule has 0 unspecified atom stereocenters. The van der Waals surface area contributed by atoms with Crippen molar-refractivity contribution < 1.29 is 9.47 Å². The molecule has 0 N–H and O–H groups in total. The number of benzene rings is 1. The van der Waals surface area contributed by atoms with Gasteiger partial charge in [-0.3, -0.25) is 0 Å². The number of fused-ring (bicyclic) bond motifs is 1. The molecule has 2 heterocycles. The van der Waals surface area contributed by atoms with Crippen LogP contribution in [0.4, 0.5) is 5.82 Å². The molecule has 3 aromatic rings. The van der Waals surface area contributed by atoms with E-state index in [2.05, 4.69) is 40.3 Å². The van der Waals surface area contributed by atoms with Crippen LogP contribution in [-0.4, -0.2) is 84.6 Å². The van der Waals surface area contributed by atoms with Crippen LogP contribution in [0.2, 0.25) is 0 Å². The van der Waals surface area contributed by atoms with Gasteiger partial charge in [0.05, 0.1) is 13.2 Å². The first kappa shape index (κ1) is 24.1. The number of rotatable bonds is 13. The normalized spacial score (nSPS) is 11.6. The van der Waals surface area contributed by atoms with Crippen molar-refractivity contribution in [2.24, 2.45) is 0 Å². The Labute approximate surface area is 191 Å². The summed E-state index contributed by atoms with van der Waals surface area (Å²) in [4.78, 5) is 19.3. The minimum absolute atomic E-state index is 0.600. The minimum atomic E-state index is 0.600. The van der Waals surface area contributed by atoms with Crippen molar-refractivity contribution in [2.45, 2.75) is 27.3 Å². The molecule has 32 heavy (non-hydrogen) atoms. The van der Waals surface area contributed by atoms with Crippen molar-refractivity contribution in [3.63, 3.8) is 0 Å². The highest BCUT2D eigenvalue weighted by molar-refractivity contribution is 5.87. The monoisotopic (exact) mass is 440 g/mol. The number of ether oxygens (including phenoxy) is 2. The molecule has 0 spiro atoms. The highest BCUT2D eigenvalue weighted by Crippen LogP contribution is 2.29. The molecule has 0 atom stereocenters. The number of aromatic nitrogens is 4. The molecule has 0 saturated heterocycles. The zero-order chi connectivity index (χ0) is 22.9. The molecular weight excluding hydrogens is 404 g/mol. The van der Waals surface area contributed by atoms with Crippen molar-refractivity contribution in [1.82, 2.24) is 24.4 Å². The Morgan fingerprint density at radius 2 is 1.53 bits per heavy atom. The van der Waals surface area contributed by atoms with E-state index in [0.717, 1.165) is 60.4 Å². The Morgan fingerprint density at radius 3 is 2.12 bits per heavy atom. The van der Waals surface area contributed by atoms with Crippen LogP contribution in [0, 0.1) is 6.92 Å². The highest BCUT2D eigenvalue weighted by Gasteiger charge is 2.22. The molecule has 8 heteroatoms. The van der Waals surface area contributed by atoms with E-state index in [-0.39, 0.29) is 0 Å². The van der Waals surface area contributed by atoms with Gasteiger partial charge in [0.25, 0.3) is 0 Å². The smallest absolute Gasteiger partial charge is 0.166 e. The number of aryl methyl sites for hydroxylation is 1.